The molecule has 9 heteroatoms. The van der Waals surface area contributed by atoms with Gasteiger partial charge in [-0.15, -0.1) is 0 Å². The number of carbonyl (C=O) groups excluding carboxylic acids is 5. The van der Waals surface area contributed by atoms with Crippen LogP contribution in [0.25, 0.3) is 10.8 Å². The Balaban J connectivity index is 1.63. The lowest BCUT2D eigenvalue weighted by Gasteiger charge is -2.35. The maximum absolute atomic E-state index is 14.5. The van der Waals surface area contributed by atoms with Crippen molar-refractivity contribution in [2.45, 2.75) is 138 Å². The summed E-state index contributed by atoms with van der Waals surface area (Å²) >= 11 is 0. The SMILES string of the molecule is CCC[C@H](CC(=O)[C@@H]1C[C@@H](Oc2nccc3cc(OC(C)C)ccc23)CN1C(=O)[C@@H](CC(=O)CC(C)(C)C)C(C)(C)C)C(=O)C(=O)CC1CC1. The number of benzene rings is 1. The van der Waals surface area contributed by atoms with Gasteiger partial charge >= 0.3 is 0 Å². The summed E-state index contributed by atoms with van der Waals surface area (Å²) in [6.07, 6.45) is 4.88. The minimum Gasteiger partial charge on any atom is -0.491 e. The monoisotopic (exact) mass is 690 g/mol. The molecule has 9 nitrogen and oxygen atoms in total. The van der Waals surface area contributed by atoms with Gasteiger partial charge in [0, 0.05) is 55.5 Å². The van der Waals surface area contributed by atoms with Crippen LogP contribution in [0, 0.1) is 28.6 Å². The lowest BCUT2D eigenvalue weighted by atomic mass is 9.75. The average molecular weight is 691 g/mol. The first-order chi connectivity index (χ1) is 23.4. The summed E-state index contributed by atoms with van der Waals surface area (Å²) in [4.78, 5) is 74.2. The molecule has 2 aromatic rings. The zero-order chi connectivity index (χ0) is 37.0. The second-order valence-electron chi connectivity index (χ2n) is 17.1. The van der Waals surface area contributed by atoms with Crippen LogP contribution in [-0.2, 0) is 24.0 Å². The second-order valence-corrected chi connectivity index (χ2v) is 17.1. The smallest absolute Gasteiger partial charge is 0.227 e. The highest BCUT2D eigenvalue weighted by Crippen LogP contribution is 2.37. The topological polar surface area (TPSA) is 120 Å². The molecule has 50 heavy (non-hydrogen) atoms. The molecule has 1 saturated heterocycles. The molecular formula is C41H58N2O7. The van der Waals surface area contributed by atoms with E-state index in [-0.39, 0.29) is 67.1 Å². The summed E-state index contributed by atoms with van der Waals surface area (Å²) in [5, 5.41) is 1.66. The number of nitrogens with zero attached hydrogens (tertiary/aromatic N) is 2. The number of ether oxygens (including phenoxy) is 2. The summed E-state index contributed by atoms with van der Waals surface area (Å²) in [6.45, 7) is 17.8. The number of hydrogen-bond donors (Lipinski definition) is 0. The van der Waals surface area contributed by atoms with Crippen LogP contribution < -0.4 is 9.47 Å². The number of hydrogen-bond acceptors (Lipinski definition) is 8. The van der Waals surface area contributed by atoms with Gasteiger partial charge in [-0.3, -0.25) is 24.0 Å². The van der Waals surface area contributed by atoms with Crippen molar-refractivity contribution in [2.24, 2.45) is 28.6 Å². The van der Waals surface area contributed by atoms with Crippen molar-refractivity contribution in [3.05, 3.63) is 30.5 Å². The standard InChI is InChI=1S/C41H58N2O7/c1-10-11-28(37(47)36(46)18-26-12-13-26)20-35(45)34-22-31(50-38-32-15-14-30(49-25(2)3)19-27(32)16-17-42-38)24-43(34)39(48)33(41(7,8)9)21-29(44)23-40(4,5)6/h14-17,19,25-26,28,31,33-34H,10-13,18,20-24H2,1-9H3/t28-,31-,33-,34+/m1/s1. The van der Waals surface area contributed by atoms with E-state index in [1.165, 1.54) is 0 Å². The van der Waals surface area contributed by atoms with E-state index in [2.05, 4.69) is 4.98 Å². The maximum atomic E-state index is 14.5. The first-order valence-electron chi connectivity index (χ1n) is 18.5. The van der Waals surface area contributed by atoms with Crippen molar-refractivity contribution >= 4 is 39.8 Å². The second kappa shape index (κ2) is 16.2. The molecule has 2 heterocycles. The van der Waals surface area contributed by atoms with Gasteiger partial charge in [0.15, 0.2) is 11.6 Å². The van der Waals surface area contributed by atoms with E-state index in [4.69, 9.17) is 9.47 Å². The number of rotatable bonds is 17. The van der Waals surface area contributed by atoms with Crippen LogP contribution in [0.5, 0.6) is 11.6 Å². The third kappa shape index (κ3) is 10.7. The molecule has 2 aliphatic rings. The molecule has 0 bridgehead atoms. The number of aromatic nitrogens is 1. The third-order valence-electron chi connectivity index (χ3n) is 9.67. The molecule has 1 aliphatic carbocycles. The first-order valence-corrected chi connectivity index (χ1v) is 18.5. The molecule has 0 radical (unpaired) electrons. The molecule has 2 fully saturated rings. The lowest BCUT2D eigenvalue weighted by molar-refractivity contribution is -0.146. The van der Waals surface area contributed by atoms with Gasteiger partial charge in [0.2, 0.25) is 17.6 Å². The summed E-state index contributed by atoms with van der Waals surface area (Å²) in [7, 11) is 0. The number of carbonyl (C=O) groups is 5. The molecule has 1 aromatic carbocycles. The predicted molar refractivity (Wildman–Crippen MR) is 194 cm³/mol. The Morgan fingerprint density at radius 3 is 2.28 bits per heavy atom. The van der Waals surface area contributed by atoms with E-state index >= 15 is 0 Å². The van der Waals surface area contributed by atoms with Crippen molar-refractivity contribution in [1.82, 2.24) is 9.88 Å². The molecule has 1 saturated carbocycles. The molecule has 0 N–H and O–H groups in total. The van der Waals surface area contributed by atoms with Gasteiger partial charge in [-0.1, -0.05) is 54.9 Å². The Labute approximate surface area is 298 Å². The van der Waals surface area contributed by atoms with Gasteiger partial charge in [-0.05, 0) is 79.5 Å². The molecule has 4 rings (SSSR count). The highest BCUT2D eigenvalue weighted by Gasteiger charge is 2.46. The molecule has 0 spiro atoms. The van der Waals surface area contributed by atoms with Crippen LogP contribution in [-0.4, -0.2) is 63.7 Å². The zero-order valence-electron chi connectivity index (χ0n) is 31.7. The van der Waals surface area contributed by atoms with E-state index < -0.39 is 41.0 Å². The Bertz CT molecular complexity index is 1560. The van der Waals surface area contributed by atoms with Crippen molar-refractivity contribution in [2.75, 3.05) is 6.54 Å². The molecule has 1 amide bonds. The Morgan fingerprint density at radius 2 is 1.68 bits per heavy atom. The van der Waals surface area contributed by atoms with Crippen molar-refractivity contribution in [3.63, 3.8) is 0 Å². The van der Waals surface area contributed by atoms with Crippen LogP contribution in [0.3, 0.4) is 0 Å². The summed E-state index contributed by atoms with van der Waals surface area (Å²) in [5.74, 6) is -1.37. The number of amides is 1. The van der Waals surface area contributed by atoms with Crippen LogP contribution in [0.2, 0.25) is 0 Å². The molecule has 274 valence electrons. The van der Waals surface area contributed by atoms with E-state index in [1.807, 2.05) is 86.6 Å². The number of ketones is 4. The average Bonchev–Trinajstić information content (AvgIpc) is 3.72. The fraction of sp³-hybridized carbons (Fsp3) is 0.659. The van der Waals surface area contributed by atoms with Crippen LogP contribution >= 0.6 is 0 Å². The lowest BCUT2D eigenvalue weighted by Crippen LogP contribution is -2.48. The van der Waals surface area contributed by atoms with Gasteiger partial charge in [-0.2, -0.15) is 0 Å². The Kier molecular flexibility index (Phi) is 12.7. The normalized spacial score (nSPS) is 19.4. The number of pyridine rings is 1. The van der Waals surface area contributed by atoms with E-state index in [0.29, 0.717) is 25.1 Å². The fourth-order valence-corrected chi connectivity index (χ4v) is 6.98. The minimum atomic E-state index is -0.859. The van der Waals surface area contributed by atoms with Gasteiger partial charge in [-0.25, -0.2) is 4.98 Å². The summed E-state index contributed by atoms with van der Waals surface area (Å²) in [5.41, 5.74) is -0.779. The molecular weight excluding hydrogens is 632 g/mol. The Morgan fingerprint density at radius 1 is 0.980 bits per heavy atom. The number of Topliss-reactive ketones (excluding diaryl/α,β-unsaturated/α-hetero) is 4. The van der Waals surface area contributed by atoms with E-state index in [1.54, 1.807) is 11.1 Å². The van der Waals surface area contributed by atoms with Gasteiger partial charge in [0.05, 0.1) is 18.7 Å². The van der Waals surface area contributed by atoms with Crippen molar-refractivity contribution < 1.29 is 33.4 Å². The summed E-state index contributed by atoms with van der Waals surface area (Å²) in [6, 6.07) is 6.71. The molecule has 4 atom stereocenters. The van der Waals surface area contributed by atoms with Crippen LogP contribution in [0.15, 0.2) is 30.5 Å². The Hall–Kier alpha value is -3.62. The van der Waals surface area contributed by atoms with Crippen LogP contribution in [0.1, 0.15) is 120 Å². The quantitative estimate of drug-likeness (QED) is 0.155. The zero-order valence-corrected chi connectivity index (χ0v) is 31.7. The number of likely N-dealkylation sites (tertiary alicyclic amines) is 1. The largest absolute Gasteiger partial charge is 0.491 e. The van der Waals surface area contributed by atoms with Gasteiger partial charge in [0.25, 0.3) is 0 Å². The highest BCUT2D eigenvalue weighted by atomic mass is 16.5. The van der Waals surface area contributed by atoms with Crippen LogP contribution in [0.4, 0.5) is 0 Å². The van der Waals surface area contributed by atoms with Gasteiger partial charge < -0.3 is 14.4 Å². The molecule has 0 unspecified atom stereocenters. The molecule has 1 aromatic heterocycles. The summed E-state index contributed by atoms with van der Waals surface area (Å²) < 4.78 is 12.4. The molecule has 1 aliphatic heterocycles. The predicted octanol–water partition coefficient (Wildman–Crippen LogP) is 7.74. The van der Waals surface area contributed by atoms with E-state index in [9.17, 15) is 24.0 Å². The number of fused-ring (bicyclic) bond motifs is 1. The maximum Gasteiger partial charge on any atom is 0.227 e. The van der Waals surface area contributed by atoms with Crippen molar-refractivity contribution in [1.29, 1.82) is 0 Å². The third-order valence-corrected chi connectivity index (χ3v) is 9.67. The van der Waals surface area contributed by atoms with Gasteiger partial charge in [0.1, 0.15) is 17.6 Å². The van der Waals surface area contributed by atoms with E-state index in [0.717, 1.165) is 29.4 Å². The fourth-order valence-electron chi connectivity index (χ4n) is 6.98. The van der Waals surface area contributed by atoms with Crippen molar-refractivity contribution in [3.8, 4) is 11.6 Å². The minimum absolute atomic E-state index is 0.00389. The highest BCUT2D eigenvalue weighted by molar-refractivity contribution is 6.38. The first kappa shape index (κ1) is 39.2.